The predicted octanol–water partition coefficient (Wildman–Crippen LogP) is 3.54. The molecule has 3 heterocycles. The van der Waals surface area contributed by atoms with Crippen molar-refractivity contribution in [3.63, 3.8) is 0 Å². The van der Waals surface area contributed by atoms with Crippen molar-refractivity contribution < 1.29 is 68.3 Å². The third-order valence-electron chi connectivity index (χ3n) is 14.5. The Hall–Kier alpha value is -2.72. The summed E-state index contributed by atoms with van der Waals surface area (Å²) < 4.78 is 44.0. The molecule has 18 atom stereocenters. The number of hydrogen-bond acceptors (Lipinski definition) is 16. The first-order valence-corrected chi connectivity index (χ1v) is 23.8. The summed E-state index contributed by atoms with van der Waals surface area (Å²) in [6.07, 6.45) is -8.59. The molecule has 2 amide bonds. The fourth-order valence-corrected chi connectivity index (χ4v) is 10.2. The van der Waals surface area contributed by atoms with Crippen molar-refractivity contribution in [1.82, 2.24) is 15.5 Å². The molecule has 4 rings (SSSR count). The number of esters is 1. The number of cyclic esters (lactones) is 1. The topological polar surface area (TPSA) is 239 Å². The van der Waals surface area contributed by atoms with Gasteiger partial charge in [-0.05, 0) is 105 Å². The highest BCUT2D eigenvalue weighted by Gasteiger charge is 2.58. The van der Waals surface area contributed by atoms with E-state index in [1.165, 1.54) is 26.0 Å². The molecule has 0 radical (unpaired) electrons. The fraction of sp³-hybridized carbons (Fsp3) is 0.833. The van der Waals surface area contributed by atoms with E-state index in [1.807, 2.05) is 13.8 Å². The summed E-state index contributed by atoms with van der Waals surface area (Å²) in [6, 6.07) is 5.02. The molecule has 380 valence electrons. The van der Waals surface area contributed by atoms with Crippen molar-refractivity contribution in [2.75, 3.05) is 46.2 Å². The quantitative estimate of drug-likeness (QED) is 0.104. The van der Waals surface area contributed by atoms with Crippen LogP contribution in [-0.4, -0.2) is 173 Å². The monoisotopic (exact) mass is 941 g/mol. The first-order valence-electron chi connectivity index (χ1n) is 23.8. The number of nitrogens with one attached hydrogen (secondary N) is 3. The van der Waals surface area contributed by atoms with Gasteiger partial charge in [-0.2, -0.15) is 0 Å². The molecule has 1 aromatic carbocycles. The molecule has 8 N–H and O–H groups in total. The van der Waals surface area contributed by atoms with Gasteiger partial charge in [0.2, 0.25) is 0 Å². The summed E-state index contributed by atoms with van der Waals surface area (Å²) in [5, 5.41) is 69.7. The maximum Gasteiger partial charge on any atom is 0.322 e. The number of rotatable bonds is 13. The number of amides is 2. The van der Waals surface area contributed by atoms with Crippen molar-refractivity contribution in [3.05, 3.63) is 24.3 Å². The second-order valence-corrected chi connectivity index (χ2v) is 20.0. The SMILES string of the molecule is CCCNC[C@]1(O)[C@H](C)O[C@@H](O[C@H]2[C@H](C)[C@@H](O[C@@H]3O[C@H](C)C[C@H](N(C)C(=O)Nc4ccccc4OC)[C@H]3O)[C@](C)(O)C[C@@H](C)CN[C@H](C)[C@@H](O)[C@](C)(O)[C@@H](CC)OC(=O)[C@@H]2C)C[C@@]1(C)OC. The highest BCUT2D eigenvalue weighted by atomic mass is 16.7. The average Bonchev–Trinajstić information content (AvgIpc) is 3.27. The van der Waals surface area contributed by atoms with Crippen molar-refractivity contribution in [1.29, 1.82) is 0 Å². The Balaban J connectivity index is 1.79. The van der Waals surface area contributed by atoms with E-state index in [4.69, 9.17) is 33.2 Å². The standard InChI is InChI=1S/C48H84N4O14/c1-15-21-49-26-48(59)32(8)63-37(24-46(48,10)61-14)65-39-29(5)41(45(9,57)23-27(3)25-50-31(7)40(54)47(11,58)36(16-2)64-42(55)30(39)6)66-43-38(53)34(22-28(4)62-43)52(12)44(56)51-33-19-17-18-20-35(33)60-13/h17-20,27-32,34,36-41,43,49-50,53-54,57-59H,15-16,21-26H2,1-14H3,(H,51,56)/t27-,28-,29+,30-,31-,32+,34+,36-,37+,38-,39+,40-,41-,43+,45-,46-,47-,48+/m1/s1. The second-order valence-electron chi connectivity index (χ2n) is 20.0. The summed E-state index contributed by atoms with van der Waals surface area (Å²) >= 11 is 0. The van der Waals surface area contributed by atoms with E-state index in [0.717, 1.165) is 6.42 Å². The zero-order chi connectivity index (χ0) is 49.5. The number of carbonyl (C=O) groups excluding carboxylic acids is 2. The number of methoxy groups -OCH3 is 2. The number of nitrogens with zero attached hydrogens (tertiary/aromatic N) is 1. The first kappa shape index (κ1) is 55.9. The van der Waals surface area contributed by atoms with Gasteiger partial charge in [0.25, 0.3) is 0 Å². The Morgan fingerprint density at radius 2 is 1.64 bits per heavy atom. The van der Waals surface area contributed by atoms with Gasteiger partial charge in [-0.15, -0.1) is 0 Å². The van der Waals surface area contributed by atoms with Crippen LogP contribution < -0.4 is 20.7 Å². The van der Waals surface area contributed by atoms with Gasteiger partial charge in [-0.3, -0.25) is 4.79 Å². The Labute approximate surface area is 392 Å². The van der Waals surface area contributed by atoms with E-state index >= 15 is 0 Å². The highest BCUT2D eigenvalue weighted by Crippen LogP contribution is 2.43. The molecule has 0 aliphatic carbocycles. The summed E-state index contributed by atoms with van der Waals surface area (Å²) in [7, 11) is 4.59. The van der Waals surface area contributed by atoms with E-state index in [2.05, 4.69) is 16.0 Å². The molecule has 0 aromatic heterocycles. The van der Waals surface area contributed by atoms with Gasteiger partial charge in [-0.25, -0.2) is 4.79 Å². The van der Waals surface area contributed by atoms with Crippen LogP contribution >= 0.6 is 0 Å². The second kappa shape index (κ2) is 23.3. The van der Waals surface area contributed by atoms with Crippen LogP contribution in [0.3, 0.4) is 0 Å². The normalized spacial score (nSPS) is 42.1. The summed E-state index contributed by atoms with van der Waals surface area (Å²) in [5.74, 6) is -2.55. The van der Waals surface area contributed by atoms with E-state index in [1.54, 1.807) is 86.7 Å². The number of likely N-dealkylation sites (N-methyl/N-ethyl adjacent to an activating group) is 1. The van der Waals surface area contributed by atoms with Crippen LogP contribution in [0.25, 0.3) is 0 Å². The summed E-state index contributed by atoms with van der Waals surface area (Å²) in [6.45, 7) is 20.3. The lowest BCUT2D eigenvalue weighted by Gasteiger charge is -2.53. The van der Waals surface area contributed by atoms with Crippen molar-refractivity contribution in [3.8, 4) is 5.75 Å². The minimum absolute atomic E-state index is 0.0387. The lowest BCUT2D eigenvalue weighted by Crippen LogP contribution is -2.70. The molecule has 3 fully saturated rings. The number of ether oxygens (including phenoxy) is 7. The van der Waals surface area contributed by atoms with E-state index < -0.39 is 114 Å². The minimum Gasteiger partial charge on any atom is -0.495 e. The Morgan fingerprint density at radius 3 is 2.26 bits per heavy atom. The number of aliphatic hydroxyl groups excluding tert-OH is 2. The van der Waals surface area contributed by atoms with Gasteiger partial charge in [0.15, 0.2) is 12.6 Å². The van der Waals surface area contributed by atoms with Crippen molar-refractivity contribution >= 4 is 17.7 Å². The number of aliphatic hydroxyl groups is 5. The molecule has 0 unspecified atom stereocenters. The van der Waals surface area contributed by atoms with Crippen LogP contribution in [0.2, 0.25) is 0 Å². The lowest BCUT2D eigenvalue weighted by molar-refractivity contribution is -0.336. The number of anilines is 1. The summed E-state index contributed by atoms with van der Waals surface area (Å²) in [4.78, 5) is 29.6. The Bertz CT molecular complexity index is 1710. The van der Waals surface area contributed by atoms with Crippen LogP contribution in [0.4, 0.5) is 10.5 Å². The van der Waals surface area contributed by atoms with E-state index in [-0.39, 0.29) is 38.1 Å². The number of para-hydroxylation sites is 2. The number of hydrogen-bond donors (Lipinski definition) is 8. The van der Waals surface area contributed by atoms with Crippen molar-refractivity contribution in [2.45, 2.75) is 198 Å². The maximum absolute atomic E-state index is 14.5. The molecule has 3 aliphatic heterocycles. The molecule has 1 aromatic rings. The largest absolute Gasteiger partial charge is 0.495 e. The number of carbonyl (C=O) groups is 2. The van der Waals surface area contributed by atoms with Crippen LogP contribution in [-0.2, 0) is 33.2 Å². The molecule has 18 heteroatoms. The molecule has 3 saturated heterocycles. The van der Waals surface area contributed by atoms with Gasteiger partial charge in [0.05, 0.1) is 54.8 Å². The van der Waals surface area contributed by atoms with Gasteiger partial charge in [0, 0.05) is 39.1 Å². The average molecular weight is 941 g/mol. The van der Waals surface area contributed by atoms with E-state index in [9.17, 15) is 35.1 Å². The van der Waals surface area contributed by atoms with Crippen molar-refractivity contribution in [2.24, 2.45) is 17.8 Å². The molecular weight excluding hydrogens is 857 g/mol. The Kier molecular flexibility index (Phi) is 19.7. The molecular formula is C48H84N4O14. The van der Waals surface area contributed by atoms with Crippen LogP contribution in [0.15, 0.2) is 24.3 Å². The molecule has 0 spiro atoms. The van der Waals surface area contributed by atoms with Gasteiger partial charge < -0.3 is 79.5 Å². The third-order valence-corrected chi connectivity index (χ3v) is 14.5. The highest BCUT2D eigenvalue weighted by molar-refractivity contribution is 5.91. The zero-order valence-corrected chi connectivity index (χ0v) is 41.9. The predicted molar refractivity (Wildman–Crippen MR) is 248 cm³/mol. The van der Waals surface area contributed by atoms with Gasteiger partial charge in [0.1, 0.15) is 40.9 Å². The zero-order valence-electron chi connectivity index (χ0n) is 41.9. The number of benzene rings is 1. The molecule has 0 saturated carbocycles. The van der Waals surface area contributed by atoms with Crippen LogP contribution in [0.1, 0.15) is 108 Å². The third kappa shape index (κ3) is 12.5. The molecule has 0 bridgehead atoms. The fourth-order valence-electron chi connectivity index (χ4n) is 10.2. The lowest BCUT2D eigenvalue weighted by atomic mass is 9.75. The Morgan fingerprint density at radius 1 is 0.970 bits per heavy atom. The molecule has 3 aliphatic rings. The van der Waals surface area contributed by atoms with Crippen LogP contribution in [0, 0.1) is 17.8 Å². The molecule has 66 heavy (non-hydrogen) atoms. The van der Waals surface area contributed by atoms with Gasteiger partial charge >= 0.3 is 12.0 Å². The molecule has 18 nitrogen and oxygen atoms in total. The maximum atomic E-state index is 14.5. The minimum atomic E-state index is -1.86. The summed E-state index contributed by atoms with van der Waals surface area (Å²) in [5.41, 5.74) is -5.80. The van der Waals surface area contributed by atoms with Crippen LogP contribution in [0.5, 0.6) is 5.75 Å². The van der Waals surface area contributed by atoms with E-state index in [0.29, 0.717) is 24.5 Å². The first-order chi connectivity index (χ1) is 30.8. The smallest absolute Gasteiger partial charge is 0.322 e. The van der Waals surface area contributed by atoms with Gasteiger partial charge in [-0.1, -0.05) is 39.8 Å². The number of urea groups is 1.